The maximum absolute atomic E-state index is 12.8. The van der Waals surface area contributed by atoms with Crippen LogP contribution in [0.5, 0.6) is 0 Å². The molecule has 4 aliphatic carbocycles. The zero-order valence-corrected chi connectivity index (χ0v) is 21.2. The van der Waals surface area contributed by atoms with Gasteiger partial charge in [0.05, 0.1) is 0 Å². The third kappa shape index (κ3) is 4.56. The third-order valence-corrected chi connectivity index (χ3v) is 7.88. The van der Waals surface area contributed by atoms with E-state index in [4.69, 9.17) is 9.47 Å². The van der Waals surface area contributed by atoms with Crippen molar-refractivity contribution in [3.8, 4) is 0 Å². The van der Waals surface area contributed by atoms with E-state index in [0.717, 1.165) is 61.8 Å². The summed E-state index contributed by atoms with van der Waals surface area (Å²) in [6.07, 6.45) is 7.58. The zero-order chi connectivity index (χ0) is 25.0. The van der Waals surface area contributed by atoms with E-state index in [0.29, 0.717) is 23.0 Å². The monoisotopic (exact) mass is 468 g/mol. The summed E-state index contributed by atoms with van der Waals surface area (Å²) < 4.78 is 10.1. The Labute approximate surface area is 201 Å². The van der Waals surface area contributed by atoms with E-state index in [1.54, 1.807) is 0 Å². The molecule has 0 aromatic rings. The number of hydrogen-bond donors (Lipinski definition) is 0. The number of ether oxygens (including phenoxy) is 2. The Bertz CT molecular complexity index is 944. The molecule has 0 radical (unpaired) electrons. The Kier molecular flexibility index (Phi) is 6.24. The molecule has 0 aromatic heterocycles. The predicted molar refractivity (Wildman–Crippen MR) is 126 cm³/mol. The summed E-state index contributed by atoms with van der Waals surface area (Å²) in [5, 5.41) is 0. The van der Waals surface area contributed by atoms with Crippen molar-refractivity contribution < 1.29 is 28.7 Å². The Morgan fingerprint density at radius 3 is 1.26 bits per heavy atom. The summed E-state index contributed by atoms with van der Waals surface area (Å²) in [6.45, 7) is 12.4. The number of fused-ring (bicyclic) bond motifs is 4. The quantitative estimate of drug-likeness (QED) is 0.319. The second kappa shape index (κ2) is 8.62. The van der Waals surface area contributed by atoms with Crippen LogP contribution in [-0.2, 0) is 28.7 Å². The minimum Gasteiger partial charge on any atom is -0.386 e. The van der Waals surface area contributed by atoms with Crippen molar-refractivity contribution in [2.45, 2.75) is 80.1 Å². The molecule has 0 heterocycles. The number of carbonyl (C=O) groups excluding carboxylic acids is 4. The first-order valence-electron chi connectivity index (χ1n) is 12.5. The van der Waals surface area contributed by atoms with Crippen molar-refractivity contribution in [1.29, 1.82) is 0 Å². The lowest BCUT2D eigenvalue weighted by Gasteiger charge is -2.29. The minimum absolute atomic E-state index is 0.137. The molecule has 4 rings (SSSR count). The van der Waals surface area contributed by atoms with Gasteiger partial charge in [-0.3, -0.25) is 0 Å². The molecule has 0 aliphatic heterocycles. The van der Waals surface area contributed by atoms with Crippen LogP contribution >= 0.6 is 0 Å². The molecule has 0 N–H and O–H groups in total. The highest BCUT2D eigenvalue weighted by Gasteiger charge is 2.47. The molecule has 0 saturated heterocycles. The average Bonchev–Trinajstić information content (AvgIpc) is 3.50. The molecular formula is C28H36O6. The maximum Gasteiger partial charge on any atom is 0.342 e. The van der Waals surface area contributed by atoms with Crippen LogP contribution in [0, 0.1) is 34.5 Å². The molecule has 184 valence electrons. The summed E-state index contributed by atoms with van der Waals surface area (Å²) in [4.78, 5) is 50.1. The van der Waals surface area contributed by atoms with E-state index >= 15 is 0 Å². The zero-order valence-electron chi connectivity index (χ0n) is 21.2. The van der Waals surface area contributed by atoms with E-state index in [-0.39, 0.29) is 22.7 Å². The lowest BCUT2D eigenvalue weighted by Crippen LogP contribution is -2.24. The van der Waals surface area contributed by atoms with Crippen LogP contribution in [0.1, 0.15) is 80.1 Å². The first kappa shape index (κ1) is 24.6. The smallest absolute Gasteiger partial charge is 0.342 e. The first-order chi connectivity index (χ1) is 15.8. The molecule has 4 bridgehead atoms. The standard InChI is InChI=1S/C28H36O6/c1-27(2,3)23-17-9-7-15(13-17)21(23)25(31)33-19(29)11-12-20(30)34-26(32)22-16-8-10-18(14-16)24(22)28(4,5)6/h11-12,15-18H,7-10,13-14H2,1-6H3/b12-11-. The SMILES string of the molecule is CC(C)(C)C1=C(C(=O)OC(=O)/C=C\C(=O)OC(=O)C2=C(C(C)(C)C)C3CCC2C3)C2CCC1C2. The molecule has 2 fully saturated rings. The molecule has 34 heavy (non-hydrogen) atoms. The van der Waals surface area contributed by atoms with Crippen molar-refractivity contribution >= 4 is 23.9 Å². The molecule has 0 spiro atoms. The van der Waals surface area contributed by atoms with E-state index in [1.165, 1.54) is 0 Å². The van der Waals surface area contributed by atoms with E-state index in [9.17, 15) is 19.2 Å². The molecule has 4 atom stereocenters. The first-order valence-corrected chi connectivity index (χ1v) is 12.5. The third-order valence-electron chi connectivity index (χ3n) is 7.88. The fourth-order valence-corrected chi connectivity index (χ4v) is 6.97. The number of rotatable bonds is 4. The summed E-state index contributed by atoms with van der Waals surface area (Å²) >= 11 is 0. The summed E-state index contributed by atoms with van der Waals surface area (Å²) in [6, 6.07) is 0. The average molecular weight is 469 g/mol. The topological polar surface area (TPSA) is 86.7 Å². The molecule has 4 aliphatic rings. The normalized spacial score (nSPS) is 28.3. The Balaban J connectivity index is 1.39. The molecular weight excluding hydrogens is 432 g/mol. The molecule has 4 unspecified atom stereocenters. The van der Waals surface area contributed by atoms with Gasteiger partial charge in [-0.2, -0.15) is 0 Å². The van der Waals surface area contributed by atoms with Crippen molar-refractivity contribution in [2.75, 3.05) is 0 Å². The van der Waals surface area contributed by atoms with Gasteiger partial charge in [0, 0.05) is 23.3 Å². The Morgan fingerprint density at radius 2 is 0.941 bits per heavy atom. The molecule has 0 aromatic carbocycles. The lowest BCUT2D eigenvalue weighted by atomic mass is 9.76. The fraction of sp³-hybridized carbons (Fsp3) is 0.643. The van der Waals surface area contributed by atoms with Crippen LogP contribution in [0.25, 0.3) is 0 Å². The number of esters is 4. The van der Waals surface area contributed by atoms with Gasteiger partial charge in [0.1, 0.15) is 0 Å². The second-order valence-electron chi connectivity index (χ2n) is 12.3. The maximum atomic E-state index is 12.8. The molecule has 6 heteroatoms. The molecule has 2 saturated carbocycles. The van der Waals surface area contributed by atoms with Crippen molar-refractivity contribution in [3.63, 3.8) is 0 Å². The van der Waals surface area contributed by atoms with Gasteiger partial charge in [-0.05, 0) is 73.0 Å². The summed E-state index contributed by atoms with van der Waals surface area (Å²) in [5.74, 6) is -2.11. The summed E-state index contributed by atoms with van der Waals surface area (Å²) in [7, 11) is 0. The van der Waals surface area contributed by atoms with Crippen LogP contribution in [0.2, 0.25) is 0 Å². The van der Waals surface area contributed by atoms with Crippen LogP contribution in [0.15, 0.2) is 34.4 Å². The largest absolute Gasteiger partial charge is 0.386 e. The van der Waals surface area contributed by atoms with Gasteiger partial charge in [-0.15, -0.1) is 0 Å². The van der Waals surface area contributed by atoms with Gasteiger partial charge in [0.25, 0.3) is 0 Å². The molecule has 6 nitrogen and oxygen atoms in total. The fourth-order valence-electron chi connectivity index (χ4n) is 6.97. The van der Waals surface area contributed by atoms with Gasteiger partial charge in [-0.1, -0.05) is 52.7 Å². The van der Waals surface area contributed by atoms with Gasteiger partial charge in [-0.25, -0.2) is 19.2 Å². The minimum atomic E-state index is -0.938. The Morgan fingerprint density at radius 1 is 0.618 bits per heavy atom. The van der Waals surface area contributed by atoms with Gasteiger partial charge in [0.2, 0.25) is 0 Å². The van der Waals surface area contributed by atoms with Crippen LogP contribution in [-0.4, -0.2) is 23.9 Å². The van der Waals surface area contributed by atoms with E-state index < -0.39 is 23.9 Å². The number of hydrogen-bond acceptors (Lipinski definition) is 6. The lowest BCUT2D eigenvalue weighted by molar-refractivity contribution is -0.156. The van der Waals surface area contributed by atoms with Crippen molar-refractivity contribution in [2.24, 2.45) is 34.5 Å². The van der Waals surface area contributed by atoms with Crippen molar-refractivity contribution in [1.82, 2.24) is 0 Å². The predicted octanol–water partition coefficient (Wildman–Crippen LogP) is 5.23. The second-order valence-corrected chi connectivity index (χ2v) is 12.3. The van der Waals surface area contributed by atoms with Crippen molar-refractivity contribution in [3.05, 3.63) is 34.4 Å². The number of carbonyl (C=O) groups is 4. The number of allylic oxidation sites excluding steroid dienone is 2. The van der Waals surface area contributed by atoms with Gasteiger partial charge >= 0.3 is 23.9 Å². The van der Waals surface area contributed by atoms with E-state index in [1.807, 2.05) is 0 Å². The Hall–Kier alpha value is -2.50. The van der Waals surface area contributed by atoms with Crippen LogP contribution in [0.3, 0.4) is 0 Å². The van der Waals surface area contributed by atoms with Crippen LogP contribution in [0.4, 0.5) is 0 Å². The van der Waals surface area contributed by atoms with Gasteiger partial charge in [0.15, 0.2) is 0 Å². The van der Waals surface area contributed by atoms with E-state index in [2.05, 4.69) is 41.5 Å². The molecule has 0 amide bonds. The highest BCUT2D eigenvalue weighted by molar-refractivity contribution is 6.05. The van der Waals surface area contributed by atoms with Gasteiger partial charge < -0.3 is 9.47 Å². The van der Waals surface area contributed by atoms with Crippen LogP contribution < -0.4 is 0 Å². The highest BCUT2D eigenvalue weighted by Crippen LogP contribution is 2.55. The summed E-state index contributed by atoms with van der Waals surface area (Å²) in [5.41, 5.74) is 3.09. The highest BCUT2D eigenvalue weighted by atomic mass is 16.6.